The Labute approximate surface area is 108 Å². The molecule has 18 heavy (non-hydrogen) atoms. The van der Waals surface area contributed by atoms with Crippen LogP contribution in [-0.4, -0.2) is 46.8 Å². The lowest BCUT2D eigenvalue weighted by Gasteiger charge is -2.29. The van der Waals surface area contributed by atoms with Crippen molar-refractivity contribution in [2.75, 3.05) is 20.1 Å². The van der Waals surface area contributed by atoms with Crippen LogP contribution in [0, 0.1) is 6.92 Å². The maximum atomic E-state index is 11.8. The van der Waals surface area contributed by atoms with E-state index in [0.717, 1.165) is 31.6 Å². The summed E-state index contributed by atoms with van der Waals surface area (Å²) in [4.78, 5) is 14.1. The summed E-state index contributed by atoms with van der Waals surface area (Å²) in [6.45, 7) is 4.76. The van der Waals surface area contributed by atoms with Crippen LogP contribution >= 0.6 is 0 Å². The van der Waals surface area contributed by atoms with Crippen LogP contribution in [-0.2, 0) is 11.3 Å². The zero-order valence-electron chi connectivity index (χ0n) is 11.2. The molecule has 2 heterocycles. The van der Waals surface area contributed by atoms with Crippen LogP contribution in [0.2, 0.25) is 0 Å². The van der Waals surface area contributed by atoms with E-state index in [2.05, 4.69) is 22.4 Å². The molecule has 100 valence electrons. The van der Waals surface area contributed by atoms with E-state index in [1.807, 2.05) is 23.9 Å². The molecule has 0 aliphatic carbocycles. The largest absolute Gasteiger partial charge is 0.353 e. The molecule has 0 unspecified atom stereocenters. The molecule has 1 saturated heterocycles. The molecule has 1 aliphatic heterocycles. The average Bonchev–Trinajstić information content (AvgIpc) is 2.76. The molecule has 0 saturated carbocycles. The van der Waals surface area contributed by atoms with Gasteiger partial charge in [0.25, 0.3) is 0 Å². The van der Waals surface area contributed by atoms with Gasteiger partial charge in [0.05, 0.1) is 5.69 Å². The maximum Gasteiger partial charge on any atom is 0.222 e. The number of carbonyl (C=O) groups excluding carboxylic acids is 1. The Hall–Kier alpha value is -1.36. The molecule has 0 radical (unpaired) electrons. The fourth-order valence-corrected chi connectivity index (χ4v) is 2.26. The lowest BCUT2D eigenvalue weighted by Crippen LogP contribution is -2.43. The number of nitrogens with one attached hydrogen (secondary N) is 1. The molecule has 1 N–H and O–H groups in total. The molecule has 5 heteroatoms. The number of hydrogen-bond acceptors (Lipinski definition) is 3. The number of aryl methyl sites for hydroxylation is 2. The number of piperidine rings is 1. The number of likely N-dealkylation sites (tertiary alicyclic amines) is 1. The quantitative estimate of drug-likeness (QED) is 0.859. The molecule has 1 amide bonds. The molecule has 1 aromatic rings. The monoisotopic (exact) mass is 250 g/mol. The summed E-state index contributed by atoms with van der Waals surface area (Å²) < 4.78 is 1.82. The minimum absolute atomic E-state index is 0.137. The van der Waals surface area contributed by atoms with Gasteiger partial charge in [-0.25, -0.2) is 0 Å². The number of amides is 1. The van der Waals surface area contributed by atoms with Gasteiger partial charge in [-0.3, -0.25) is 9.48 Å². The van der Waals surface area contributed by atoms with Gasteiger partial charge in [0.2, 0.25) is 5.91 Å². The summed E-state index contributed by atoms with van der Waals surface area (Å²) >= 11 is 0. The first-order chi connectivity index (χ1) is 8.63. The SMILES string of the molecule is Cc1ccn(CCC(=O)NC2CCN(C)CC2)n1. The van der Waals surface area contributed by atoms with Gasteiger partial charge in [-0.1, -0.05) is 0 Å². The van der Waals surface area contributed by atoms with Crippen molar-refractivity contribution in [3.05, 3.63) is 18.0 Å². The van der Waals surface area contributed by atoms with Crippen LogP contribution in [0.4, 0.5) is 0 Å². The van der Waals surface area contributed by atoms with Gasteiger partial charge < -0.3 is 10.2 Å². The molecule has 0 spiro atoms. The number of nitrogens with zero attached hydrogens (tertiary/aromatic N) is 3. The number of aromatic nitrogens is 2. The molecule has 5 nitrogen and oxygen atoms in total. The normalized spacial score (nSPS) is 17.9. The predicted octanol–water partition coefficient (Wildman–Crippen LogP) is 0.792. The molecule has 2 rings (SSSR count). The topological polar surface area (TPSA) is 50.2 Å². The fraction of sp³-hybridized carbons (Fsp3) is 0.692. The Morgan fingerprint density at radius 3 is 2.83 bits per heavy atom. The van der Waals surface area contributed by atoms with Crippen molar-refractivity contribution in [3.63, 3.8) is 0 Å². The summed E-state index contributed by atoms with van der Waals surface area (Å²) in [5, 5.41) is 7.38. The van der Waals surface area contributed by atoms with Gasteiger partial charge in [0.15, 0.2) is 0 Å². The maximum absolute atomic E-state index is 11.8. The molecule has 0 atom stereocenters. The fourth-order valence-electron chi connectivity index (χ4n) is 2.26. The second kappa shape index (κ2) is 6.00. The first kappa shape index (κ1) is 13.1. The summed E-state index contributed by atoms with van der Waals surface area (Å²) in [5.74, 6) is 0.137. The lowest BCUT2D eigenvalue weighted by atomic mass is 10.1. The highest BCUT2D eigenvalue weighted by molar-refractivity contribution is 5.76. The van der Waals surface area contributed by atoms with Crippen LogP contribution in [0.5, 0.6) is 0 Å². The summed E-state index contributed by atoms with van der Waals surface area (Å²) in [6.07, 6.45) is 4.54. The molecule has 1 aliphatic rings. The minimum Gasteiger partial charge on any atom is -0.353 e. The molecule has 1 aromatic heterocycles. The van der Waals surface area contributed by atoms with Crippen molar-refractivity contribution in [3.8, 4) is 0 Å². The first-order valence-electron chi connectivity index (χ1n) is 6.61. The van der Waals surface area contributed by atoms with Crippen LogP contribution in [0.15, 0.2) is 12.3 Å². The number of carbonyl (C=O) groups is 1. The lowest BCUT2D eigenvalue weighted by molar-refractivity contribution is -0.122. The summed E-state index contributed by atoms with van der Waals surface area (Å²) in [5.41, 5.74) is 0.991. The third-order valence-electron chi connectivity index (χ3n) is 3.43. The van der Waals surface area contributed by atoms with Gasteiger partial charge in [-0.15, -0.1) is 0 Å². The van der Waals surface area contributed by atoms with E-state index < -0.39 is 0 Å². The van der Waals surface area contributed by atoms with E-state index in [1.165, 1.54) is 0 Å². The van der Waals surface area contributed by atoms with Gasteiger partial charge in [0, 0.05) is 25.2 Å². The zero-order valence-corrected chi connectivity index (χ0v) is 11.2. The first-order valence-corrected chi connectivity index (χ1v) is 6.61. The molecule has 1 fully saturated rings. The Bertz CT molecular complexity index is 393. The van der Waals surface area contributed by atoms with Crippen molar-refractivity contribution in [1.82, 2.24) is 20.0 Å². The van der Waals surface area contributed by atoms with Crippen LogP contribution in [0.3, 0.4) is 0 Å². The summed E-state index contributed by atoms with van der Waals surface area (Å²) in [7, 11) is 2.12. The van der Waals surface area contributed by atoms with E-state index in [9.17, 15) is 4.79 Å². The molecular weight excluding hydrogens is 228 g/mol. The predicted molar refractivity (Wildman–Crippen MR) is 70.2 cm³/mol. The van der Waals surface area contributed by atoms with E-state index in [0.29, 0.717) is 19.0 Å². The summed E-state index contributed by atoms with van der Waals surface area (Å²) in [6, 6.07) is 2.31. The van der Waals surface area contributed by atoms with Crippen molar-refractivity contribution in [1.29, 1.82) is 0 Å². The second-order valence-electron chi connectivity index (χ2n) is 5.12. The Morgan fingerprint density at radius 1 is 1.50 bits per heavy atom. The van der Waals surface area contributed by atoms with Crippen molar-refractivity contribution in [2.24, 2.45) is 0 Å². The van der Waals surface area contributed by atoms with E-state index in [4.69, 9.17) is 0 Å². The molecule has 0 aromatic carbocycles. The van der Waals surface area contributed by atoms with E-state index in [-0.39, 0.29) is 5.91 Å². The van der Waals surface area contributed by atoms with Gasteiger partial charge in [-0.2, -0.15) is 5.10 Å². The third-order valence-corrected chi connectivity index (χ3v) is 3.43. The van der Waals surface area contributed by atoms with Crippen LogP contribution < -0.4 is 5.32 Å². The van der Waals surface area contributed by atoms with E-state index in [1.54, 1.807) is 0 Å². The highest BCUT2D eigenvalue weighted by Gasteiger charge is 2.18. The third kappa shape index (κ3) is 3.84. The average molecular weight is 250 g/mol. The molecule has 0 bridgehead atoms. The zero-order chi connectivity index (χ0) is 13.0. The molecular formula is C13H22N4O. The van der Waals surface area contributed by atoms with Crippen LogP contribution in [0.1, 0.15) is 25.0 Å². The Kier molecular flexibility index (Phi) is 4.36. The minimum atomic E-state index is 0.137. The van der Waals surface area contributed by atoms with Gasteiger partial charge in [-0.05, 0) is 46.0 Å². The Morgan fingerprint density at radius 2 is 2.22 bits per heavy atom. The van der Waals surface area contributed by atoms with Crippen LogP contribution in [0.25, 0.3) is 0 Å². The van der Waals surface area contributed by atoms with Crippen molar-refractivity contribution < 1.29 is 4.79 Å². The number of hydrogen-bond donors (Lipinski definition) is 1. The van der Waals surface area contributed by atoms with Crippen molar-refractivity contribution in [2.45, 2.75) is 38.8 Å². The van der Waals surface area contributed by atoms with Gasteiger partial charge >= 0.3 is 0 Å². The highest BCUT2D eigenvalue weighted by atomic mass is 16.1. The second-order valence-corrected chi connectivity index (χ2v) is 5.12. The number of rotatable bonds is 4. The Balaban J connectivity index is 1.69. The van der Waals surface area contributed by atoms with E-state index >= 15 is 0 Å². The highest BCUT2D eigenvalue weighted by Crippen LogP contribution is 2.08. The van der Waals surface area contributed by atoms with Gasteiger partial charge in [0.1, 0.15) is 0 Å². The standard InChI is InChI=1S/C13H22N4O/c1-11-3-9-17(15-11)10-6-13(18)14-12-4-7-16(2)8-5-12/h3,9,12H,4-8,10H2,1-2H3,(H,14,18). The van der Waals surface area contributed by atoms with Crippen molar-refractivity contribution >= 4 is 5.91 Å². The smallest absolute Gasteiger partial charge is 0.222 e.